The van der Waals surface area contributed by atoms with Crippen LogP contribution in [-0.2, 0) is 4.79 Å². The number of piperidine rings is 1. The molecule has 1 aromatic carbocycles. The number of amides is 1. The molecule has 1 heterocycles. The molecule has 1 saturated heterocycles. The number of para-hydroxylation sites is 1. The Hall–Kier alpha value is -1.39. The highest BCUT2D eigenvalue weighted by atomic mass is 16.2. The Bertz CT molecular complexity index is 435. The van der Waals surface area contributed by atoms with Crippen LogP contribution in [0.3, 0.4) is 0 Å². The van der Waals surface area contributed by atoms with E-state index in [1.807, 2.05) is 37.3 Å². The molecule has 1 aromatic rings. The number of benzene rings is 1. The van der Waals surface area contributed by atoms with Crippen molar-refractivity contribution in [2.75, 3.05) is 25.0 Å². The molecule has 0 saturated carbocycles. The highest BCUT2D eigenvalue weighted by molar-refractivity contribution is 5.94. The number of likely N-dealkylation sites (tertiary alicyclic amines) is 1. The third-order valence-electron chi connectivity index (χ3n) is 4.22. The summed E-state index contributed by atoms with van der Waals surface area (Å²) in [5.41, 5.74) is 0.870. The van der Waals surface area contributed by atoms with Crippen molar-refractivity contribution in [2.45, 2.75) is 45.2 Å². The van der Waals surface area contributed by atoms with Gasteiger partial charge in [0.15, 0.2) is 0 Å². The smallest absolute Gasteiger partial charge is 0.241 e. The summed E-state index contributed by atoms with van der Waals surface area (Å²) in [7, 11) is 0. The van der Waals surface area contributed by atoms with Gasteiger partial charge in [-0.15, -0.1) is 0 Å². The number of hydrogen-bond acceptors (Lipinski definition) is 3. The predicted octanol–water partition coefficient (Wildman–Crippen LogP) is 2.48. The van der Waals surface area contributed by atoms with Crippen molar-refractivity contribution in [3.63, 3.8) is 0 Å². The molecular weight excluding hydrogens is 262 g/mol. The summed E-state index contributed by atoms with van der Waals surface area (Å²) in [4.78, 5) is 14.8. The van der Waals surface area contributed by atoms with Gasteiger partial charge in [-0.1, -0.05) is 31.5 Å². The summed E-state index contributed by atoms with van der Waals surface area (Å²) >= 11 is 0. The molecule has 2 atom stereocenters. The molecular formula is C17H27N3O. The van der Waals surface area contributed by atoms with E-state index in [-0.39, 0.29) is 11.9 Å². The molecule has 1 amide bonds. The van der Waals surface area contributed by atoms with Crippen molar-refractivity contribution in [2.24, 2.45) is 0 Å². The number of anilines is 1. The van der Waals surface area contributed by atoms with Crippen LogP contribution in [-0.4, -0.2) is 42.5 Å². The Morgan fingerprint density at radius 1 is 1.33 bits per heavy atom. The molecule has 2 rings (SSSR count). The Morgan fingerprint density at radius 3 is 2.81 bits per heavy atom. The normalized spacial score (nSPS) is 21.0. The molecule has 2 unspecified atom stereocenters. The molecule has 1 aliphatic heterocycles. The zero-order chi connectivity index (χ0) is 15.1. The van der Waals surface area contributed by atoms with Gasteiger partial charge in [0, 0.05) is 18.3 Å². The number of likely N-dealkylation sites (N-methyl/N-ethyl adjacent to an activating group) is 1. The largest absolute Gasteiger partial charge is 0.325 e. The lowest BCUT2D eigenvalue weighted by Crippen LogP contribution is -2.53. The maximum Gasteiger partial charge on any atom is 0.241 e. The van der Waals surface area contributed by atoms with Gasteiger partial charge >= 0.3 is 0 Å². The number of nitrogens with zero attached hydrogens (tertiary/aromatic N) is 1. The number of rotatable bonds is 6. The summed E-state index contributed by atoms with van der Waals surface area (Å²) in [5.74, 6) is 0.0876. The van der Waals surface area contributed by atoms with E-state index in [9.17, 15) is 4.79 Å². The van der Waals surface area contributed by atoms with Crippen molar-refractivity contribution in [3.8, 4) is 0 Å². The maximum atomic E-state index is 12.5. The van der Waals surface area contributed by atoms with Gasteiger partial charge in [0.1, 0.15) is 0 Å². The highest BCUT2D eigenvalue weighted by Gasteiger charge is 2.29. The lowest BCUT2D eigenvalue weighted by Gasteiger charge is -2.39. The summed E-state index contributed by atoms with van der Waals surface area (Å²) < 4.78 is 0. The summed E-state index contributed by atoms with van der Waals surface area (Å²) in [6.07, 6.45) is 3.63. The lowest BCUT2D eigenvalue weighted by atomic mass is 9.99. The minimum Gasteiger partial charge on any atom is -0.325 e. The van der Waals surface area contributed by atoms with Crippen molar-refractivity contribution in [1.29, 1.82) is 0 Å². The molecule has 0 aromatic heterocycles. The second kappa shape index (κ2) is 8.15. The molecule has 0 aliphatic carbocycles. The third-order valence-corrected chi connectivity index (χ3v) is 4.22. The quantitative estimate of drug-likeness (QED) is 0.845. The van der Waals surface area contributed by atoms with Gasteiger partial charge in [0.05, 0.1) is 6.04 Å². The van der Waals surface area contributed by atoms with E-state index in [4.69, 9.17) is 0 Å². The minimum absolute atomic E-state index is 0.0876. The van der Waals surface area contributed by atoms with Crippen molar-refractivity contribution < 1.29 is 4.79 Å². The number of carbonyl (C=O) groups is 1. The fourth-order valence-corrected chi connectivity index (χ4v) is 2.98. The monoisotopic (exact) mass is 289 g/mol. The molecule has 0 bridgehead atoms. The maximum absolute atomic E-state index is 12.5. The van der Waals surface area contributed by atoms with Crippen LogP contribution in [0.25, 0.3) is 0 Å². The Labute approximate surface area is 127 Å². The number of carbonyl (C=O) groups excluding carboxylic acids is 1. The van der Waals surface area contributed by atoms with E-state index in [1.165, 1.54) is 19.3 Å². The molecule has 116 valence electrons. The van der Waals surface area contributed by atoms with E-state index in [2.05, 4.69) is 22.5 Å². The lowest BCUT2D eigenvalue weighted by molar-refractivity contribution is -0.122. The first-order valence-corrected chi connectivity index (χ1v) is 8.04. The zero-order valence-electron chi connectivity index (χ0n) is 13.1. The fraction of sp³-hybridized carbons (Fsp3) is 0.588. The SMILES string of the molecule is CCNCC1CCCCN1C(C)C(=O)Nc1ccccc1. The number of nitrogens with one attached hydrogen (secondary N) is 2. The van der Waals surface area contributed by atoms with Crippen LogP contribution in [0.4, 0.5) is 5.69 Å². The van der Waals surface area contributed by atoms with E-state index in [0.29, 0.717) is 6.04 Å². The Balaban J connectivity index is 1.95. The third kappa shape index (κ3) is 4.55. The Kier molecular flexibility index (Phi) is 6.21. The van der Waals surface area contributed by atoms with Crippen LogP contribution in [0.5, 0.6) is 0 Å². The fourth-order valence-electron chi connectivity index (χ4n) is 2.98. The molecule has 2 N–H and O–H groups in total. The summed E-state index contributed by atoms with van der Waals surface area (Å²) in [5, 5.41) is 6.43. The summed E-state index contributed by atoms with van der Waals surface area (Å²) in [6, 6.07) is 10.1. The first kappa shape index (κ1) is 16.0. The van der Waals surface area contributed by atoms with Gasteiger partial charge in [-0.3, -0.25) is 9.69 Å². The first-order valence-electron chi connectivity index (χ1n) is 8.04. The molecule has 0 radical (unpaired) electrons. The van der Waals surface area contributed by atoms with Gasteiger partial charge in [-0.2, -0.15) is 0 Å². The van der Waals surface area contributed by atoms with Gasteiger partial charge in [0.2, 0.25) is 5.91 Å². The van der Waals surface area contributed by atoms with Crippen molar-refractivity contribution >= 4 is 11.6 Å². The van der Waals surface area contributed by atoms with Gasteiger partial charge in [-0.05, 0) is 45.0 Å². The van der Waals surface area contributed by atoms with E-state index in [1.54, 1.807) is 0 Å². The van der Waals surface area contributed by atoms with Crippen LogP contribution >= 0.6 is 0 Å². The molecule has 1 fully saturated rings. The summed E-state index contributed by atoms with van der Waals surface area (Å²) in [6.45, 7) is 7.11. The Morgan fingerprint density at radius 2 is 2.10 bits per heavy atom. The van der Waals surface area contributed by atoms with E-state index in [0.717, 1.165) is 25.3 Å². The van der Waals surface area contributed by atoms with Gasteiger partial charge in [-0.25, -0.2) is 0 Å². The molecule has 21 heavy (non-hydrogen) atoms. The van der Waals surface area contributed by atoms with E-state index < -0.39 is 0 Å². The second-order valence-corrected chi connectivity index (χ2v) is 5.73. The van der Waals surface area contributed by atoms with Crippen molar-refractivity contribution in [1.82, 2.24) is 10.2 Å². The van der Waals surface area contributed by atoms with Crippen molar-refractivity contribution in [3.05, 3.63) is 30.3 Å². The molecule has 0 spiro atoms. The predicted molar refractivity (Wildman–Crippen MR) is 87.4 cm³/mol. The number of hydrogen-bond donors (Lipinski definition) is 2. The average Bonchev–Trinajstić information content (AvgIpc) is 2.53. The molecule has 1 aliphatic rings. The molecule has 4 nitrogen and oxygen atoms in total. The highest BCUT2D eigenvalue weighted by Crippen LogP contribution is 2.20. The van der Waals surface area contributed by atoms with Crippen LogP contribution in [0.15, 0.2) is 30.3 Å². The van der Waals surface area contributed by atoms with Crippen LogP contribution in [0, 0.1) is 0 Å². The average molecular weight is 289 g/mol. The van der Waals surface area contributed by atoms with Crippen LogP contribution in [0.1, 0.15) is 33.1 Å². The second-order valence-electron chi connectivity index (χ2n) is 5.73. The standard InChI is InChI=1S/C17H27N3O/c1-3-18-13-16-11-7-8-12-20(16)14(2)17(21)19-15-9-5-4-6-10-15/h4-6,9-10,14,16,18H,3,7-8,11-13H2,1-2H3,(H,19,21). The minimum atomic E-state index is -0.0887. The van der Waals surface area contributed by atoms with Gasteiger partial charge in [0.25, 0.3) is 0 Å². The van der Waals surface area contributed by atoms with Crippen LogP contribution in [0.2, 0.25) is 0 Å². The zero-order valence-corrected chi connectivity index (χ0v) is 13.1. The molecule has 4 heteroatoms. The van der Waals surface area contributed by atoms with E-state index >= 15 is 0 Å². The van der Waals surface area contributed by atoms with Gasteiger partial charge < -0.3 is 10.6 Å². The first-order chi connectivity index (χ1) is 10.2. The van der Waals surface area contributed by atoms with Crippen LogP contribution < -0.4 is 10.6 Å². The topological polar surface area (TPSA) is 44.4 Å².